The van der Waals surface area contributed by atoms with Crippen molar-refractivity contribution < 1.29 is 14.7 Å². The first-order valence-corrected chi connectivity index (χ1v) is 6.51. The minimum absolute atomic E-state index is 0.148. The SMILES string of the molecule is O=C1CCC[C@@H](C(=O)Nc2cc(Cl)c(Cl)cc2O)N1. The number of carbonyl (C=O) groups is 2. The van der Waals surface area contributed by atoms with Gasteiger partial charge in [0.15, 0.2) is 0 Å². The molecule has 1 saturated heterocycles. The Bertz CT molecular complexity index is 534. The van der Waals surface area contributed by atoms with Gasteiger partial charge in [0.1, 0.15) is 11.8 Å². The highest BCUT2D eigenvalue weighted by Crippen LogP contribution is 2.33. The summed E-state index contributed by atoms with van der Waals surface area (Å²) in [5, 5.41) is 15.2. The number of anilines is 1. The lowest BCUT2D eigenvalue weighted by Crippen LogP contribution is -2.46. The summed E-state index contributed by atoms with van der Waals surface area (Å²) in [6.45, 7) is 0. The summed E-state index contributed by atoms with van der Waals surface area (Å²) < 4.78 is 0. The monoisotopic (exact) mass is 302 g/mol. The van der Waals surface area contributed by atoms with E-state index in [9.17, 15) is 14.7 Å². The number of hydrogen-bond donors (Lipinski definition) is 3. The van der Waals surface area contributed by atoms with Gasteiger partial charge < -0.3 is 15.7 Å². The molecule has 1 fully saturated rings. The van der Waals surface area contributed by atoms with E-state index in [0.717, 1.165) is 0 Å². The maximum absolute atomic E-state index is 11.9. The van der Waals surface area contributed by atoms with Crippen LogP contribution in [0, 0.1) is 0 Å². The van der Waals surface area contributed by atoms with Crippen LogP contribution in [0.2, 0.25) is 10.0 Å². The number of hydrogen-bond acceptors (Lipinski definition) is 3. The normalized spacial score (nSPS) is 18.8. The number of nitrogens with one attached hydrogen (secondary N) is 2. The van der Waals surface area contributed by atoms with Crippen LogP contribution in [-0.4, -0.2) is 23.0 Å². The Labute approximate surface area is 119 Å². The van der Waals surface area contributed by atoms with Gasteiger partial charge in [-0.2, -0.15) is 0 Å². The molecule has 1 aromatic rings. The number of amides is 2. The van der Waals surface area contributed by atoms with Crippen LogP contribution in [0.1, 0.15) is 19.3 Å². The predicted octanol–water partition coefficient (Wildman–Crippen LogP) is 2.31. The number of phenols is 1. The second-order valence-electron chi connectivity index (χ2n) is 4.29. The molecule has 7 heteroatoms. The van der Waals surface area contributed by atoms with Crippen molar-refractivity contribution in [1.82, 2.24) is 5.32 Å². The first kappa shape index (κ1) is 14.0. The van der Waals surface area contributed by atoms with E-state index in [1.165, 1.54) is 12.1 Å². The van der Waals surface area contributed by atoms with Gasteiger partial charge in [-0.25, -0.2) is 0 Å². The van der Waals surface area contributed by atoms with Gasteiger partial charge in [0.05, 0.1) is 15.7 Å². The number of phenolic OH excluding ortho intramolecular Hbond substituents is 1. The van der Waals surface area contributed by atoms with Crippen molar-refractivity contribution in [2.24, 2.45) is 0 Å². The van der Waals surface area contributed by atoms with Crippen molar-refractivity contribution in [1.29, 1.82) is 0 Å². The van der Waals surface area contributed by atoms with Gasteiger partial charge >= 0.3 is 0 Å². The van der Waals surface area contributed by atoms with Crippen molar-refractivity contribution in [3.8, 4) is 5.75 Å². The second kappa shape index (κ2) is 5.67. The summed E-state index contributed by atoms with van der Waals surface area (Å²) in [6, 6.07) is 2.02. The van der Waals surface area contributed by atoms with E-state index < -0.39 is 6.04 Å². The van der Waals surface area contributed by atoms with Crippen LogP contribution in [0.15, 0.2) is 12.1 Å². The van der Waals surface area contributed by atoms with E-state index in [1.807, 2.05) is 0 Å². The van der Waals surface area contributed by atoms with Crippen LogP contribution < -0.4 is 10.6 Å². The summed E-state index contributed by atoms with van der Waals surface area (Å²) in [5.41, 5.74) is 0.166. The molecule has 0 aromatic heterocycles. The second-order valence-corrected chi connectivity index (χ2v) is 5.10. The Morgan fingerprint density at radius 3 is 2.74 bits per heavy atom. The zero-order chi connectivity index (χ0) is 14.0. The van der Waals surface area contributed by atoms with Gasteiger partial charge in [-0.05, 0) is 18.9 Å². The molecule has 2 rings (SSSR count). The molecule has 0 radical (unpaired) electrons. The van der Waals surface area contributed by atoms with Crippen molar-refractivity contribution in [3.63, 3.8) is 0 Å². The molecule has 3 N–H and O–H groups in total. The zero-order valence-electron chi connectivity index (χ0n) is 9.87. The molecule has 0 bridgehead atoms. The Morgan fingerprint density at radius 1 is 1.37 bits per heavy atom. The summed E-state index contributed by atoms with van der Waals surface area (Å²) in [4.78, 5) is 23.2. The average Bonchev–Trinajstić information content (AvgIpc) is 2.36. The zero-order valence-corrected chi connectivity index (χ0v) is 11.4. The van der Waals surface area contributed by atoms with Crippen LogP contribution in [0.4, 0.5) is 5.69 Å². The van der Waals surface area contributed by atoms with E-state index in [-0.39, 0.29) is 33.3 Å². The highest BCUT2D eigenvalue weighted by Gasteiger charge is 2.25. The third kappa shape index (κ3) is 3.30. The Morgan fingerprint density at radius 2 is 2.05 bits per heavy atom. The third-order valence-electron chi connectivity index (χ3n) is 2.84. The quantitative estimate of drug-likeness (QED) is 0.734. The van der Waals surface area contributed by atoms with Crippen LogP contribution in [0.5, 0.6) is 5.75 Å². The van der Waals surface area contributed by atoms with Crippen molar-refractivity contribution in [2.45, 2.75) is 25.3 Å². The molecular formula is C12H12Cl2N2O3. The number of carbonyl (C=O) groups excluding carboxylic acids is 2. The largest absolute Gasteiger partial charge is 0.506 e. The molecule has 0 unspecified atom stereocenters. The van der Waals surface area contributed by atoms with E-state index in [2.05, 4.69) is 10.6 Å². The molecule has 1 aromatic carbocycles. The van der Waals surface area contributed by atoms with Crippen LogP contribution in [-0.2, 0) is 9.59 Å². The van der Waals surface area contributed by atoms with E-state index >= 15 is 0 Å². The number of benzene rings is 1. The number of aromatic hydroxyl groups is 1. The molecule has 19 heavy (non-hydrogen) atoms. The fourth-order valence-corrected chi connectivity index (χ4v) is 2.18. The lowest BCUT2D eigenvalue weighted by Gasteiger charge is -2.22. The molecule has 1 aliphatic rings. The number of halogens is 2. The van der Waals surface area contributed by atoms with Crippen LogP contribution in [0.3, 0.4) is 0 Å². The van der Waals surface area contributed by atoms with E-state index in [1.54, 1.807) is 0 Å². The molecule has 1 heterocycles. The smallest absolute Gasteiger partial charge is 0.247 e. The Hall–Kier alpha value is -1.46. The van der Waals surface area contributed by atoms with E-state index in [0.29, 0.717) is 19.3 Å². The molecule has 1 aliphatic heterocycles. The van der Waals surface area contributed by atoms with Crippen LogP contribution in [0.25, 0.3) is 0 Å². The van der Waals surface area contributed by atoms with E-state index in [4.69, 9.17) is 23.2 Å². The number of rotatable bonds is 2. The minimum atomic E-state index is -0.588. The molecule has 2 amide bonds. The fraction of sp³-hybridized carbons (Fsp3) is 0.333. The van der Waals surface area contributed by atoms with Crippen molar-refractivity contribution >= 4 is 40.7 Å². The van der Waals surface area contributed by atoms with Gasteiger partial charge in [0.2, 0.25) is 11.8 Å². The average molecular weight is 303 g/mol. The summed E-state index contributed by atoms with van der Waals surface area (Å²) in [7, 11) is 0. The van der Waals surface area contributed by atoms with Crippen molar-refractivity contribution in [2.75, 3.05) is 5.32 Å². The predicted molar refractivity (Wildman–Crippen MR) is 72.5 cm³/mol. The summed E-state index contributed by atoms with van der Waals surface area (Å²) in [5.74, 6) is -0.712. The van der Waals surface area contributed by atoms with Gasteiger partial charge in [0, 0.05) is 12.5 Å². The summed E-state index contributed by atoms with van der Waals surface area (Å²) in [6.07, 6.45) is 1.67. The van der Waals surface area contributed by atoms with Gasteiger partial charge in [-0.1, -0.05) is 23.2 Å². The Balaban J connectivity index is 2.10. The lowest BCUT2D eigenvalue weighted by molar-refractivity contribution is -0.128. The van der Waals surface area contributed by atoms with Crippen LogP contribution >= 0.6 is 23.2 Å². The van der Waals surface area contributed by atoms with Crippen molar-refractivity contribution in [3.05, 3.63) is 22.2 Å². The van der Waals surface area contributed by atoms with Gasteiger partial charge in [0.25, 0.3) is 0 Å². The molecule has 0 saturated carbocycles. The minimum Gasteiger partial charge on any atom is -0.506 e. The Kier molecular flexibility index (Phi) is 4.17. The molecule has 0 spiro atoms. The highest BCUT2D eigenvalue weighted by molar-refractivity contribution is 6.42. The standard InChI is InChI=1S/C12H12Cl2N2O3/c13-6-4-9(10(17)5-7(6)14)16-12(19)8-2-1-3-11(18)15-8/h4-5,8,17H,1-3H2,(H,15,18)(H,16,19)/t8-/m0/s1. The lowest BCUT2D eigenvalue weighted by atomic mass is 10.0. The van der Waals surface area contributed by atoms with Gasteiger partial charge in [-0.3, -0.25) is 9.59 Å². The maximum atomic E-state index is 11.9. The fourth-order valence-electron chi connectivity index (χ4n) is 1.86. The van der Waals surface area contributed by atoms with Gasteiger partial charge in [-0.15, -0.1) is 0 Å². The highest BCUT2D eigenvalue weighted by atomic mass is 35.5. The molecule has 1 atom stereocenters. The topological polar surface area (TPSA) is 78.4 Å². The molecule has 0 aliphatic carbocycles. The molecule has 102 valence electrons. The molecular weight excluding hydrogens is 291 g/mol. The maximum Gasteiger partial charge on any atom is 0.247 e. The first-order valence-electron chi connectivity index (χ1n) is 5.75. The first-order chi connectivity index (χ1) is 8.97. The third-order valence-corrected chi connectivity index (χ3v) is 3.57. The number of piperidine rings is 1. The summed E-state index contributed by atoms with van der Waals surface area (Å²) >= 11 is 11.5. The molecule has 5 nitrogen and oxygen atoms in total.